The molecule has 2 fully saturated rings. The van der Waals surface area contributed by atoms with Crippen molar-refractivity contribution in [2.24, 2.45) is 4.99 Å². The number of rotatable bonds is 7. The van der Waals surface area contributed by atoms with Gasteiger partial charge in [0.05, 0.1) is 17.1 Å². The Kier molecular flexibility index (Phi) is 7.31. The molecule has 2 heterocycles. The van der Waals surface area contributed by atoms with Crippen LogP contribution in [-0.4, -0.2) is 33.2 Å². The van der Waals surface area contributed by atoms with Crippen molar-refractivity contribution in [1.29, 1.82) is 0 Å². The third-order valence-corrected chi connectivity index (χ3v) is 8.19. The van der Waals surface area contributed by atoms with Crippen molar-refractivity contribution in [1.82, 2.24) is 9.47 Å². The van der Waals surface area contributed by atoms with E-state index < -0.39 is 0 Å². The van der Waals surface area contributed by atoms with E-state index >= 15 is 0 Å². The summed E-state index contributed by atoms with van der Waals surface area (Å²) in [5.74, 6) is 0.938. The Morgan fingerprint density at radius 3 is 2.39 bits per heavy atom. The molecule has 5 nitrogen and oxygen atoms in total. The maximum atomic E-state index is 13.8. The van der Waals surface area contributed by atoms with Crippen LogP contribution in [-0.2, 0) is 11.3 Å². The van der Waals surface area contributed by atoms with Gasteiger partial charge in [-0.1, -0.05) is 73.9 Å². The summed E-state index contributed by atoms with van der Waals surface area (Å²) in [5, 5.41) is 1.92. The average Bonchev–Trinajstić information content (AvgIpc) is 3.47. The van der Waals surface area contributed by atoms with Gasteiger partial charge in [0.1, 0.15) is 12.4 Å². The van der Waals surface area contributed by atoms with Gasteiger partial charge in [-0.05, 0) is 61.0 Å². The van der Waals surface area contributed by atoms with E-state index in [1.54, 1.807) is 0 Å². The summed E-state index contributed by atoms with van der Waals surface area (Å²) in [4.78, 5) is 21.4. The lowest BCUT2D eigenvalue weighted by Crippen LogP contribution is -2.40. The van der Waals surface area contributed by atoms with Gasteiger partial charge in [-0.25, -0.2) is 4.99 Å². The van der Waals surface area contributed by atoms with Crippen molar-refractivity contribution < 1.29 is 9.53 Å². The largest absolute Gasteiger partial charge is 0.492 e. The third kappa shape index (κ3) is 5.27. The second-order valence-corrected chi connectivity index (χ2v) is 10.8. The van der Waals surface area contributed by atoms with Crippen LogP contribution in [0.25, 0.3) is 17.0 Å². The highest BCUT2D eigenvalue weighted by Crippen LogP contribution is 2.39. The van der Waals surface area contributed by atoms with Crippen LogP contribution in [0.4, 0.5) is 5.69 Å². The SMILES string of the molecule is O=C1C(=Cc2cn(CCOc3ccccc3)c3ccccc23)SC(=Nc2ccccc2)N1C1CCCCC1. The minimum Gasteiger partial charge on any atom is -0.492 e. The number of aliphatic imine (C=N–C) groups is 1. The number of hydrogen-bond acceptors (Lipinski definition) is 4. The Labute approximate surface area is 227 Å². The van der Waals surface area contributed by atoms with E-state index in [0.717, 1.165) is 63.7 Å². The zero-order valence-corrected chi connectivity index (χ0v) is 22.1. The number of aromatic nitrogens is 1. The Bertz CT molecular complexity index is 1470. The normalized spacial score (nSPS) is 18.6. The number of carbonyl (C=O) groups is 1. The van der Waals surface area contributed by atoms with Gasteiger partial charge in [0, 0.05) is 28.7 Å². The lowest BCUT2D eigenvalue weighted by Gasteiger charge is -2.30. The number of nitrogens with zero attached hydrogens (tertiary/aromatic N) is 3. The number of carbonyl (C=O) groups excluding carboxylic acids is 1. The number of thioether (sulfide) groups is 1. The van der Waals surface area contributed by atoms with Crippen LogP contribution < -0.4 is 4.74 Å². The smallest absolute Gasteiger partial charge is 0.267 e. The number of para-hydroxylation sites is 3. The van der Waals surface area contributed by atoms with E-state index in [4.69, 9.17) is 9.73 Å². The van der Waals surface area contributed by atoms with E-state index in [9.17, 15) is 4.79 Å². The molecular weight excluding hydrogens is 490 g/mol. The summed E-state index contributed by atoms with van der Waals surface area (Å²) in [6.07, 6.45) is 9.82. The van der Waals surface area contributed by atoms with Gasteiger partial charge in [-0.3, -0.25) is 9.69 Å². The lowest BCUT2D eigenvalue weighted by atomic mass is 9.94. The van der Waals surface area contributed by atoms with Crippen LogP contribution in [0.15, 0.2) is 101 Å². The predicted molar refractivity (Wildman–Crippen MR) is 157 cm³/mol. The van der Waals surface area contributed by atoms with Gasteiger partial charge < -0.3 is 9.30 Å². The van der Waals surface area contributed by atoms with Crippen molar-refractivity contribution in [2.45, 2.75) is 44.7 Å². The first-order valence-electron chi connectivity index (χ1n) is 13.4. The molecule has 1 aromatic heterocycles. The number of fused-ring (bicyclic) bond motifs is 1. The maximum absolute atomic E-state index is 13.8. The quantitative estimate of drug-likeness (QED) is 0.235. The van der Waals surface area contributed by atoms with Gasteiger partial charge in [0.15, 0.2) is 5.17 Å². The second-order valence-electron chi connectivity index (χ2n) is 9.76. The maximum Gasteiger partial charge on any atom is 0.267 e. The number of amidine groups is 1. The summed E-state index contributed by atoms with van der Waals surface area (Å²) in [5.41, 5.74) is 3.05. The topological polar surface area (TPSA) is 46.8 Å². The molecule has 3 aromatic carbocycles. The Balaban J connectivity index is 1.30. The molecule has 6 heteroatoms. The van der Waals surface area contributed by atoms with Gasteiger partial charge in [-0.2, -0.15) is 0 Å². The molecular formula is C32H31N3O2S. The van der Waals surface area contributed by atoms with Gasteiger partial charge in [0.2, 0.25) is 0 Å². The molecule has 1 aliphatic heterocycles. The minimum atomic E-state index is 0.0702. The molecule has 192 valence electrons. The summed E-state index contributed by atoms with van der Waals surface area (Å²) in [6, 6.07) is 28.4. The fourth-order valence-electron chi connectivity index (χ4n) is 5.33. The van der Waals surface area contributed by atoms with E-state index in [2.05, 4.69) is 35.0 Å². The highest BCUT2D eigenvalue weighted by Gasteiger charge is 2.38. The van der Waals surface area contributed by atoms with Crippen LogP contribution in [0, 0.1) is 0 Å². The van der Waals surface area contributed by atoms with Crippen LogP contribution >= 0.6 is 11.8 Å². The molecule has 1 aliphatic carbocycles. The molecule has 4 aromatic rings. The fourth-order valence-corrected chi connectivity index (χ4v) is 6.38. The molecule has 0 atom stereocenters. The highest BCUT2D eigenvalue weighted by atomic mass is 32.2. The molecule has 38 heavy (non-hydrogen) atoms. The van der Waals surface area contributed by atoms with Crippen LogP contribution in [0.2, 0.25) is 0 Å². The fraction of sp³-hybridized carbons (Fsp3) is 0.250. The van der Waals surface area contributed by atoms with Crippen molar-refractivity contribution >= 4 is 45.5 Å². The Hall–Kier alpha value is -3.77. The van der Waals surface area contributed by atoms with Crippen molar-refractivity contribution in [3.8, 4) is 5.75 Å². The molecule has 0 N–H and O–H groups in total. The van der Waals surface area contributed by atoms with E-state index in [0.29, 0.717) is 13.2 Å². The monoisotopic (exact) mass is 521 g/mol. The van der Waals surface area contributed by atoms with Crippen LogP contribution in [0.1, 0.15) is 37.7 Å². The molecule has 0 radical (unpaired) electrons. The number of ether oxygens (including phenoxy) is 1. The third-order valence-electron chi connectivity index (χ3n) is 7.21. The summed E-state index contributed by atoms with van der Waals surface area (Å²) < 4.78 is 8.17. The lowest BCUT2D eigenvalue weighted by molar-refractivity contribution is -0.124. The summed E-state index contributed by atoms with van der Waals surface area (Å²) in [6.45, 7) is 1.28. The Morgan fingerprint density at radius 2 is 1.61 bits per heavy atom. The van der Waals surface area contributed by atoms with Gasteiger partial charge in [-0.15, -0.1) is 0 Å². The first-order chi connectivity index (χ1) is 18.8. The highest BCUT2D eigenvalue weighted by molar-refractivity contribution is 8.18. The molecule has 0 unspecified atom stereocenters. The zero-order valence-electron chi connectivity index (χ0n) is 21.3. The molecule has 1 amide bonds. The standard InChI is InChI=1S/C32H31N3O2S/c36-31-30(38-32(33-25-12-4-1-5-13-25)35(31)26-14-6-2-7-15-26)22-24-23-34(29-19-11-10-18-28(24)29)20-21-37-27-16-8-3-9-17-27/h1,3-5,8-13,16-19,22-23,26H,2,6-7,14-15,20-21H2. The minimum absolute atomic E-state index is 0.0702. The van der Waals surface area contributed by atoms with E-state index in [1.807, 2.05) is 71.6 Å². The molecule has 0 spiro atoms. The second kappa shape index (κ2) is 11.3. The van der Waals surface area contributed by atoms with Crippen molar-refractivity contribution in [3.05, 3.63) is 102 Å². The summed E-state index contributed by atoms with van der Waals surface area (Å²) in [7, 11) is 0. The Morgan fingerprint density at radius 1 is 0.895 bits per heavy atom. The summed E-state index contributed by atoms with van der Waals surface area (Å²) >= 11 is 1.50. The van der Waals surface area contributed by atoms with Crippen LogP contribution in [0.5, 0.6) is 5.75 Å². The first-order valence-corrected chi connectivity index (χ1v) is 14.2. The number of hydrogen-bond donors (Lipinski definition) is 0. The molecule has 1 saturated carbocycles. The van der Waals surface area contributed by atoms with Gasteiger partial charge in [0.25, 0.3) is 5.91 Å². The molecule has 6 rings (SSSR count). The number of amides is 1. The van der Waals surface area contributed by atoms with Crippen molar-refractivity contribution in [2.75, 3.05) is 6.61 Å². The van der Waals surface area contributed by atoms with Gasteiger partial charge >= 0.3 is 0 Å². The molecule has 1 saturated heterocycles. The van der Waals surface area contributed by atoms with Crippen LogP contribution in [0.3, 0.4) is 0 Å². The van der Waals surface area contributed by atoms with E-state index in [-0.39, 0.29) is 11.9 Å². The first kappa shape index (κ1) is 24.6. The zero-order chi connectivity index (χ0) is 25.7. The molecule has 0 bridgehead atoms. The van der Waals surface area contributed by atoms with E-state index in [1.165, 1.54) is 18.2 Å². The average molecular weight is 522 g/mol. The molecule has 2 aliphatic rings. The number of benzene rings is 3. The predicted octanol–water partition coefficient (Wildman–Crippen LogP) is 7.66. The van der Waals surface area contributed by atoms with Crippen molar-refractivity contribution in [3.63, 3.8) is 0 Å².